The van der Waals surface area contributed by atoms with E-state index in [9.17, 15) is 24.8 Å². The van der Waals surface area contributed by atoms with E-state index in [1.807, 2.05) is 25.9 Å². The number of non-ortho nitro benzene ring substituents is 1. The van der Waals surface area contributed by atoms with E-state index in [1.54, 1.807) is 19.9 Å². The molecule has 2 atom stereocenters. The van der Waals surface area contributed by atoms with Crippen LogP contribution in [-0.4, -0.2) is 53.6 Å². The third kappa shape index (κ3) is 4.80. The van der Waals surface area contributed by atoms with E-state index in [0.717, 1.165) is 0 Å². The smallest absolute Gasteiger partial charge is 0.336 e. The minimum atomic E-state index is -1.22. The number of nitro groups is 1. The van der Waals surface area contributed by atoms with E-state index in [-0.39, 0.29) is 29.5 Å². The van der Waals surface area contributed by atoms with Crippen molar-refractivity contribution in [2.45, 2.75) is 32.7 Å². The zero-order valence-corrected chi connectivity index (χ0v) is 17.1. The zero-order chi connectivity index (χ0) is 21.9. The van der Waals surface area contributed by atoms with Crippen LogP contribution in [-0.2, 0) is 14.3 Å². The largest absolute Gasteiger partial charge is 0.478 e. The average molecular weight is 403 g/mol. The lowest BCUT2D eigenvalue weighted by Gasteiger charge is -2.30. The van der Waals surface area contributed by atoms with Gasteiger partial charge < -0.3 is 20.1 Å². The highest BCUT2D eigenvalue weighted by atomic mass is 16.6. The van der Waals surface area contributed by atoms with Gasteiger partial charge in [0, 0.05) is 29.6 Å². The second kappa shape index (κ2) is 8.87. The first-order valence-corrected chi connectivity index (χ1v) is 9.04. The van der Waals surface area contributed by atoms with E-state index >= 15 is 0 Å². The number of carboxylic acid groups (broad SMARTS) is 1. The Hall–Kier alpha value is -3.20. The molecule has 0 spiro atoms. The Balaban J connectivity index is 2.53. The first kappa shape index (κ1) is 22.1. The number of nitro benzene ring substituents is 1. The Bertz CT molecular complexity index is 903. The van der Waals surface area contributed by atoms with Crippen LogP contribution in [0.4, 0.5) is 5.69 Å². The number of carboxylic acids is 1. The molecule has 1 aliphatic heterocycles. The van der Waals surface area contributed by atoms with Crippen LogP contribution in [0.25, 0.3) is 0 Å². The molecular weight excluding hydrogens is 378 g/mol. The van der Waals surface area contributed by atoms with Crippen LogP contribution in [0.5, 0.6) is 0 Å². The summed E-state index contributed by atoms with van der Waals surface area (Å²) in [6, 6.07) is 5.60. The highest BCUT2D eigenvalue weighted by Gasteiger charge is 2.37. The van der Waals surface area contributed by atoms with Gasteiger partial charge in [-0.15, -0.1) is 0 Å². The molecule has 0 radical (unpaired) electrons. The van der Waals surface area contributed by atoms with Gasteiger partial charge in [0.2, 0.25) is 0 Å². The molecule has 0 saturated heterocycles. The summed E-state index contributed by atoms with van der Waals surface area (Å²) >= 11 is 0. The number of likely N-dealkylation sites (N-methyl/N-ethyl adjacent to an activating group) is 1. The number of carbonyl (C=O) groups excluding carboxylic acids is 1. The summed E-state index contributed by atoms with van der Waals surface area (Å²) in [6.07, 6.45) is 0. The van der Waals surface area contributed by atoms with Crippen LogP contribution >= 0.6 is 0 Å². The number of allylic oxidation sites excluding steroid dienone is 2. The molecule has 2 N–H and O–H groups in total. The Labute approximate surface area is 168 Å². The topological polar surface area (TPSA) is 122 Å². The molecule has 9 nitrogen and oxygen atoms in total. The number of benzene rings is 1. The Morgan fingerprint density at radius 1 is 1.28 bits per heavy atom. The summed E-state index contributed by atoms with van der Waals surface area (Å²) in [5.41, 5.74) is 1.04. The minimum absolute atomic E-state index is 0.0381. The van der Waals surface area contributed by atoms with Gasteiger partial charge in [-0.3, -0.25) is 10.1 Å². The molecule has 0 bridgehead atoms. The Kier molecular flexibility index (Phi) is 6.76. The highest BCUT2D eigenvalue weighted by Crippen LogP contribution is 2.39. The maximum Gasteiger partial charge on any atom is 0.336 e. The molecule has 156 valence electrons. The monoisotopic (exact) mass is 403 g/mol. The number of nitrogens with one attached hydrogen (secondary N) is 1. The van der Waals surface area contributed by atoms with Crippen molar-refractivity contribution in [2.24, 2.45) is 0 Å². The van der Waals surface area contributed by atoms with Gasteiger partial charge in [-0.1, -0.05) is 12.1 Å². The number of carbonyl (C=O) groups is 2. The minimum Gasteiger partial charge on any atom is -0.478 e. The average Bonchev–Trinajstić information content (AvgIpc) is 2.64. The molecule has 9 heteroatoms. The summed E-state index contributed by atoms with van der Waals surface area (Å²) in [4.78, 5) is 37.4. The fourth-order valence-electron chi connectivity index (χ4n) is 3.12. The maximum atomic E-state index is 12.9. The zero-order valence-electron chi connectivity index (χ0n) is 17.1. The lowest BCUT2D eigenvalue weighted by molar-refractivity contribution is -0.384. The van der Waals surface area contributed by atoms with Crippen LogP contribution in [0.3, 0.4) is 0 Å². The maximum absolute atomic E-state index is 12.9. The SMILES string of the molecule is CC1=C(C(=O)O)C(c2cccc([N+](=O)[O-])c2)C(C(=O)OCC(C)N(C)C)=C(C)N1. The predicted molar refractivity (Wildman–Crippen MR) is 106 cm³/mol. The van der Waals surface area contributed by atoms with Gasteiger partial charge in [0.1, 0.15) is 6.61 Å². The standard InChI is InChI=1S/C20H25N3O6/c1-11(22(4)5)10-29-20(26)17-13(3)21-12(2)16(19(24)25)18(17)14-7-6-8-15(9-14)23(27)28/h6-9,11,18,21H,10H2,1-5H3,(H,24,25). The van der Waals surface area contributed by atoms with Gasteiger partial charge in [-0.2, -0.15) is 0 Å². The molecule has 29 heavy (non-hydrogen) atoms. The van der Waals surface area contributed by atoms with Crippen molar-refractivity contribution in [1.29, 1.82) is 0 Å². The molecule has 0 fully saturated rings. The summed E-state index contributed by atoms with van der Waals surface area (Å²) in [5, 5.41) is 23.9. The number of aliphatic carboxylic acids is 1. The highest BCUT2D eigenvalue weighted by molar-refractivity contribution is 5.99. The molecule has 1 aromatic rings. The van der Waals surface area contributed by atoms with Crippen molar-refractivity contribution in [3.63, 3.8) is 0 Å². The van der Waals surface area contributed by atoms with Gasteiger partial charge in [-0.05, 0) is 40.4 Å². The number of rotatable bonds is 7. The van der Waals surface area contributed by atoms with Crippen molar-refractivity contribution in [3.05, 3.63) is 62.5 Å². The van der Waals surface area contributed by atoms with Crippen molar-refractivity contribution in [1.82, 2.24) is 10.2 Å². The van der Waals surface area contributed by atoms with Gasteiger partial charge >= 0.3 is 11.9 Å². The van der Waals surface area contributed by atoms with Gasteiger partial charge in [0.05, 0.1) is 22.0 Å². The molecular formula is C20H25N3O6. The van der Waals surface area contributed by atoms with Gasteiger partial charge in [0.15, 0.2) is 0 Å². The predicted octanol–water partition coefficient (Wildman–Crippen LogP) is 2.41. The van der Waals surface area contributed by atoms with E-state index < -0.39 is 22.8 Å². The number of esters is 1. The van der Waals surface area contributed by atoms with Crippen molar-refractivity contribution in [2.75, 3.05) is 20.7 Å². The van der Waals surface area contributed by atoms with E-state index in [1.165, 1.54) is 18.2 Å². The second-order valence-electron chi connectivity index (χ2n) is 7.20. The lowest BCUT2D eigenvalue weighted by atomic mass is 9.80. The van der Waals surface area contributed by atoms with Crippen LogP contribution in [0.15, 0.2) is 46.8 Å². The quantitative estimate of drug-likeness (QED) is 0.404. The van der Waals surface area contributed by atoms with Crippen LogP contribution in [0, 0.1) is 10.1 Å². The molecule has 2 rings (SSSR count). The van der Waals surface area contributed by atoms with Gasteiger partial charge in [-0.25, -0.2) is 9.59 Å². The van der Waals surface area contributed by atoms with Crippen molar-refractivity contribution >= 4 is 17.6 Å². The number of hydrogen-bond donors (Lipinski definition) is 2. The van der Waals surface area contributed by atoms with E-state index in [4.69, 9.17) is 4.74 Å². The molecule has 1 aromatic carbocycles. The Morgan fingerprint density at radius 2 is 1.90 bits per heavy atom. The lowest BCUT2D eigenvalue weighted by Crippen LogP contribution is -2.34. The molecule has 1 heterocycles. The first-order valence-electron chi connectivity index (χ1n) is 9.04. The third-order valence-corrected chi connectivity index (χ3v) is 4.96. The first-order chi connectivity index (χ1) is 13.5. The molecule has 0 aliphatic carbocycles. The van der Waals surface area contributed by atoms with Crippen LogP contribution in [0.2, 0.25) is 0 Å². The van der Waals surface area contributed by atoms with E-state index in [0.29, 0.717) is 17.0 Å². The fourth-order valence-corrected chi connectivity index (χ4v) is 3.12. The van der Waals surface area contributed by atoms with Crippen LogP contribution < -0.4 is 5.32 Å². The van der Waals surface area contributed by atoms with Crippen LogP contribution in [0.1, 0.15) is 32.3 Å². The molecule has 0 aromatic heterocycles. The number of nitrogens with zero attached hydrogens (tertiary/aromatic N) is 2. The third-order valence-electron chi connectivity index (χ3n) is 4.96. The molecule has 0 amide bonds. The summed E-state index contributed by atoms with van der Waals surface area (Å²) in [6.45, 7) is 5.25. The van der Waals surface area contributed by atoms with Gasteiger partial charge in [0.25, 0.3) is 5.69 Å². The fraction of sp³-hybridized carbons (Fsp3) is 0.400. The van der Waals surface area contributed by atoms with Crippen molar-refractivity contribution in [3.8, 4) is 0 Å². The molecule has 0 saturated carbocycles. The van der Waals surface area contributed by atoms with Crippen molar-refractivity contribution < 1.29 is 24.4 Å². The summed E-state index contributed by atoms with van der Waals surface area (Å²) in [7, 11) is 3.71. The number of ether oxygens (including phenoxy) is 1. The molecule has 2 unspecified atom stereocenters. The summed E-state index contributed by atoms with van der Waals surface area (Å²) in [5.74, 6) is -2.87. The number of dihydropyridines is 1. The normalized spacial score (nSPS) is 17.8. The molecule has 1 aliphatic rings. The number of hydrogen-bond acceptors (Lipinski definition) is 7. The summed E-state index contributed by atoms with van der Waals surface area (Å²) < 4.78 is 5.44. The Morgan fingerprint density at radius 3 is 2.45 bits per heavy atom. The second-order valence-corrected chi connectivity index (χ2v) is 7.20. The van der Waals surface area contributed by atoms with E-state index in [2.05, 4.69) is 5.32 Å².